The molecule has 0 aliphatic heterocycles. The van der Waals surface area contributed by atoms with Crippen molar-refractivity contribution in [3.05, 3.63) is 64.2 Å². The van der Waals surface area contributed by atoms with E-state index in [1.807, 2.05) is 6.92 Å². The third-order valence-electron chi connectivity index (χ3n) is 3.18. The predicted molar refractivity (Wildman–Crippen MR) is 97.7 cm³/mol. The first-order chi connectivity index (χ1) is 11.4. The lowest BCUT2D eigenvalue weighted by Crippen LogP contribution is -2.34. The quantitative estimate of drug-likeness (QED) is 0.645. The molecule has 2 aromatic carbocycles. The van der Waals surface area contributed by atoms with Crippen LogP contribution in [0.3, 0.4) is 0 Å². The zero-order valence-electron chi connectivity index (χ0n) is 13.1. The van der Waals surface area contributed by atoms with Gasteiger partial charge in [-0.25, -0.2) is 4.79 Å². The fourth-order valence-electron chi connectivity index (χ4n) is 2.01. The first kappa shape index (κ1) is 17.9. The van der Waals surface area contributed by atoms with Gasteiger partial charge in [0.1, 0.15) is 0 Å². The van der Waals surface area contributed by atoms with Gasteiger partial charge in [0.05, 0.1) is 28.9 Å². The Morgan fingerprint density at radius 3 is 2.50 bits per heavy atom. The smallest absolute Gasteiger partial charge is 0.339 e. The standard InChI is InChI=1S/C17H15ClN2O3S/c1-10-7-8-11(13(18)9-10)15(21)20-17(24)19-14-6-4-3-5-12(14)16(22)23-2/h3-9H,1-2H3,(H2,19,20,21,24). The van der Waals surface area contributed by atoms with Crippen molar-refractivity contribution >= 4 is 46.5 Å². The molecule has 0 aliphatic rings. The molecular weight excluding hydrogens is 348 g/mol. The van der Waals surface area contributed by atoms with Gasteiger partial charge in [0, 0.05) is 0 Å². The first-order valence-electron chi connectivity index (χ1n) is 6.98. The van der Waals surface area contributed by atoms with Crippen LogP contribution in [0.2, 0.25) is 5.02 Å². The summed E-state index contributed by atoms with van der Waals surface area (Å²) in [5.41, 5.74) is 2.01. The van der Waals surface area contributed by atoms with E-state index in [1.54, 1.807) is 42.5 Å². The van der Waals surface area contributed by atoms with E-state index in [9.17, 15) is 9.59 Å². The molecule has 0 spiro atoms. The molecule has 124 valence electrons. The summed E-state index contributed by atoms with van der Waals surface area (Å²) in [5.74, 6) is -0.943. The van der Waals surface area contributed by atoms with Crippen LogP contribution in [-0.2, 0) is 4.74 Å². The summed E-state index contributed by atoms with van der Waals surface area (Å²) >= 11 is 11.2. The summed E-state index contributed by atoms with van der Waals surface area (Å²) in [5, 5.41) is 5.73. The normalized spacial score (nSPS) is 9.96. The molecule has 0 aromatic heterocycles. The van der Waals surface area contributed by atoms with Crippen LogP contribution in [0.25, 0.3) is 0 Å². The van der Waals surface area contributed by atoms with Gasteiger partial charge in [0.2, 0.25) is 0 Å². The minimum absolute atomic E-state index is 0.0491. The van der Waals surface area contributed by atoms with E-state index in [1.165, 1.54) is 7.11 Å². The third-order valence-corrected chi connectivity index (χ3v) is 3.69. The van der Waals surface area contributed by atoms with Gasteiger partial charge in [-0.05, 0) is 49.0 Å². The lowest BCUT2D eigenvalue weighted by atomic mass is 10.1. The summed E-state index contributed by atoms with van der Waals surface area (Å²) in [6.07, 6.45) is 0. The van der Waals surface area contributed by atoms with Gasteiger partial charge in [-0.15, -0.1) is 0 Å². The molecule has 0 radical (unpaired) electrons. The number of benzene rings is 2. The van der Waals surface area contributed by atoms with E-state index in [2.05, 4.69) is 10.6 Å². The van der Waals surface area contributed by atoms with Crippen LogP contribution >= 0.6 is 23.8 Å². The molecule has 5 nitrogen and oxygen atoms in total. The highest BCUT2D eigenvalue weighted by atomic mass is 35.5. The minimum Gasteiger partial charge on any atom is -0.465 e. The molecule has 0 saturated carbocycles. The highest BCUT2D eigenvalue weighted by Crippen LogP contribution is 2.18. The molecular formula is C17H15ClN2O3S. The molecule has 0 aliphatic carbocycles. The molecule has 0 heterocycles. The van der Waals surface area contributed by atoms with Crippen molar-refractivity contribution in [2.24, 2.45) is 0 Å². The summed E-state index contributed by atoms with van der Waals surface area (Å²) in [6.45, 7) is 1.88. The second-order valence-corrected chi connectivity index (χ2v) is 5.74. The average Bonchev–Trinajstić information content (AvgIpc) is 2.54. The number of hydrogen-bond acceptors (Lipinski definition) is 4. The predicted octanol–water partition coefficient (Wildman–Crippen LogP) is 3.56. The number of carbonyl (C=O) groups excluding carboxylic acids is 2. The van der Waals surface area contributed by atoms with Gasteiger partial charge < -0.3 is 10.1 Å². The Bertz CT molecular complexity index is 808. The van der Waals surface area contributed by atoms with Gasteiger partial charge in [0.25, 0.3) is 5.91 Å². The Morgan fingerprint density at radius 1 is 1.12 bits per heavy atom. The van der Waals surface area contributed by atoms with Crippen LogP contribution < -0.4 is 10.6 Å². The lowest BCUT2D eigenvalue weighted by molar-refractivity contribution is 0.0602. The van der Waals surface area contributed by atoms with E-state index >= 15 is 0 Å². The van der Waals surface area contributed by atoms with Gasteiger partial charge in [-0.2, -0.15) is 0 Å². The van der Waals surface area contributed by atoms with Crippen LogP contribution in [0.1, 0.15) is 26.3 Å². The zero-order valence-corrected chi connectivity index (χ0v) is 14.6. The number of rotatable bonds is 3. The van der Waals surface area contributed by atoms with Crippen LogP contribution in [0.15, 0.2) is 42.5 Å². The molecule has 0 atom stereocenters. The maximum atomic E-state index is 12.2. The van der Waals surface area contributed by atoms with Crippen LogP contribution in [-0.4, -0.2) is 24.1 Å². The van der Waals surface area contributed by atoms with Gasteiger partial charge >= 0.3 is 5.97 Å². The number of methoxy groups -OCH3 is 1. The third kappa shape index (κ3) is 4.31. The Morgan fingerprint density at radius 2 is 1.83 bits per heavy atom. The number of anilines is 1. The summed E-state index contributed by atoms with van der Waals surface area (Å²) in [4.78, 5) is 24.0. The number of hydrogen-bond donors (Lipinski definition) is 2. The molecule has 0 saturated heterocycles. The van der Waals surface area contributed by atoms with Gasteiger partial charge in [0.15, 0.2) is 5.11 Å². The fourth-order valence-corrected chi connectivity index (χ4v) is 2.53. The maximum absolute atomic E-state index is 12.2. The topological polar surface area (TPSA) is 67.4 Å². The number of aryl methyl sites for hydroxylation is 1. The molecule has 2 N–H and O–H groups in total. The van der Waals surface area contributed by atoms with Crippen LogP contribution in [0, 0.1) is 6.92 Å². The molecule has 0 fully saturated rings. The maximum Gasteiger partial charge on any atom is 0.339 e. The number of para-hydroxylation sites is 1. The van der Waals surface area contributed by atoms with E-state index < -0.39 is 11.9 Å². The monoisotopic (exact) mass is 362 g/mol. The SMILES string of the molecule is COC(=O)c1ccccc1NC(=S)NC(=O)c1ccc(C)cc1Cl. The summed E-state index contributed by atoms with van der Waals surface area (Å²) in [7, 11) is 1.29. The number of nitrogens with one attached hydrogen (secondary N) is 2. The van der Waals surface area contributed by atoms with E-state index in [-0.39, 0.29) is 5.11 Å². The Hall–Kier alpha value is -2.44. The molecule has 2 aromatic rings. The number of amides is 1. The Balaban J connectivity index is 2.11. The van der Waals surface area contributed by atoms with Crippen molar-refractivity contribution in [2.75, 3.05) is 12.4 Å². The number of ether oxygens (including phenoxy) is 1. The van der Waals surface area contributed by atoms with Gasteiger partial charge in [-0.3, -0.25) is 10.1 Å². The van der Waals surface area contributed by atoms with Crippen molar-refractivity contribution in [2.45, 2.75) is 6.92 Å². The summed E-state index contributed by atoms with van der Waals surface area (Å²) in [6, 6.07) is 11.8. The zero-order chi connectivity index (χ0) is 17.7. The molecule has 1 amide bonds. The number of thiocarbonyl (C=S) groups is 1. The minimum atomic E-state index is -0.506. The highest BCUT2D eigenvalue weighted by molar-refractivity contribution is 7.80. The number of halogens is 1. The van der Waals surface area contributed by atoms with Crippen molar-refractivity contribution < 1.29 is 14.3 Å². The summed E-state index contributed by atoms with van der Waals surface area (Å²) < 4.78 is 4.71. The van der Waals surface area contributed by atoms with Crippen LogP contribution in [0.4, 0.5) is 5.69 Å². The Labute approximate surface area is 150 Å². The lowest BCUT2D eigenvalue weighted by Gasteiger charge is -2.13. The highest BCUT2D eigenvalue weighted by Gasteiger charge is 2.15. The number of carbonyl (C=O) groups is 2. The van der Waals surface area contributed by atoms with Crippen molar-refractivity contribution in [3.63, 3.8) is 0 Å². The second kappa shape index (κ2) is 7.90. The second-order valence-electron chi connectivity index (χ2n) is 4.93. The van der Waals surface area contributed by atoms with Crippen molar-refractivity contribution in [3.8, 4) is 0 Å². The van der Waals surface area contributed by atoms with Gasteiger partial charge in [-0.1, -0.05) is 29.8 Å². The molecule has 24 heavy (non-hydrogen) atoms. The average molecular weight is 363 g/mol. The van der Waals surface area contributed by atoms with E-state index in [4.69, 9.17) is 28.6 Å². The van der Waals surface area contributed by atoms with Crippen LogP contribution in [0.5, 0.6) is 0 Å². The molecule has 2 rings (SSSR count). The Kier molecular flexibility index (Phi) is 5.89. The van der Waals surface area contributed by atoms with Crippen molar-refractivity contribution in [1.82, 2.24) is 5.32 Å². The molecule has 0 unspecified atom stereocenters. The van der Waals surface area contributed by atoms with E-state index in [0.717, 1.165) is 5.56 Å². The van der Waals surface area contributed by atoms with Crippen molar-refractivity contribution in [1.29, 1.82) is 0 Å². The first-order valence-corrected chi connectivity index (χ1v) is 7.77. The largest absolute Gasteiger partial charge is 0.465 e. The number of esters is 1. The van der Waals surface area contributed by atoms with E-state index in [0.29, 0.717) is 21.8 Å². The molecule has 0 bridgehead atoms. The molecule has 7 heteroatoms. The fraction of sp³-hybridized carbons (Fsp3) is 0.118.